The van der Waals surface area contributed by atoms with Crippen LogP contribution < -0.4 is 9.64 Å². The van der Waals surface area contributed by atoms with Crippen LogP contribution in [0.4, 0.5) is 0 Å². The summed E-state index contributed by atoms with van der Waals surface area (Å²) in [5.41, 5.74) is 0. The third-order valence-electron chi connectivity index (χ3n) is 3.71. The van der Waals surface area contributed by atoms with Gasteiger partial charge in [-0.1, -0.05) is 15.9 Å². The van der Waals surface area contributed by atoms with Gasteiger partial charge in [0.2, 0.25) is 0 Å². The zero-order valence-electron chi connectivity index (χ0n) is 12.4. The van der Waals surface area contributed by atoms with Crippen LogP contribution in [0.15, 0.2) is 28.7 Å². The first kappa shape index (κ1) is 16.7. The number of rotatable bonds is 8. The molecule has 1 aliphatic heterocycles. The van der Waals surface area contributed by atoms with Gasteiger partial charge in [0.15, 0.2) is 0 Å². The van der Waals surface area contributed by atoms with Gasteiger partial charge in [0.1, 0.15) is 25.0 Å². The predicted molar refractivity (Wildman–Crippen MR) is 85.9 cm³/mol. The van der Waals surface area contributed by atoms with Crippen LogP contribution >= 0.6 is 15.9 Å². The molecular formula is C16H25BrNO3+. The van der Waals surface area contributed by atoms with Crippen LogP contribution in [0.1, 0.15) is 19.3 Å². The zero-order valence-corrected chi connectivity index (χ0v) is 14.0. The number of aliphatic hydroxyl groups is 1. The number of aliphatic hydroxyl groups excluding tert-OH is 1. The van der Waals surface area contributed by atoms with Gasteiger partial charge in [-0.3, -0.25) is 0 Å². The monoisotopic (exact) mass is 358 g/mol. The molecule has 0 amide bonds. The highest BCUT2D eigenvalue weighted by Gasteiger charge is 2.17. The van der Waals surface area contributed by atoms with Crippen LogP contribution in [0, 0.1) is 0 Å². The Hall–Kier alpha value is -0.620. The van der Waals surface area contributed by atoms with E-state index in [-0.39, 0.29) is 6.10 Å². The normalized spacial score (nSPS) is 17.6. The highest BCUT2D eigenvalue weighted by Crippen LogP contribution is 2.15. The Morgan fingerprint density at radius 1 is 1.10 bits per heavy atom. The van der Waals surface area contributed by atoms with Gasteiger partial charge in [-0.25, -0.2) is 0 Å². The second kappa shape index (κ2) is 9.41. The number of hydrogen-bond donors (Lipinski definition) is 2. The molecule has 1 aromatic carbocycles. The molecule has 1 aliphatic rings. The third-order valence-corrected chi connectivity index (χ3v) is 4.23. The summed E-state index contributed by atoms with van der Waals surface area (Å²) in [6, 6.07) is 7.72. The molecule has 1 fully saturated rings. The van der Waals surface area contributed by atoms with Gasteiger partial charge < -0.3 is 19.5 Å². The molecule has 5 heteroatoms. The van der Waals surface area contributed by atoms with E-state index in [0.29, 0.717) is 19.8 Å². The molecule has 0 unspecified atom stereocenters. The van der Waals surface area contributed by atoms with E-state index in [1.807, 2.05) is 24.3 Å². The van der Waals surface area contributed by atoms with Crippen LogP contribution in [0.2, 0.25) is 0 Å². The van der Waals surface area contributed by atoms with Gasteiger partial charge in [0.05, 0.1) is 26.3 Å². The molecule has 2 N–H and O–H groups in total. The number of nitrogens with one attached hydrogen (secondary N) is 1. The summed E-state index contributed by atoms with van der Waals surface area (Å²) in [5, 5.41) is 9.96. The minimum atomic E-state index is -0.370. The van der Waals surface area contributed by atoms with Gasteiger partial charge in [-0.15, -0.1) is 0 Å². The quantitative estimate of drug-likeness (QED) is 0.688. The van der Waals surface area contributed by atoms with E-state index >= 15 is 0 Å². The number of hydrogen-bond acceptors (Lipinski definition) is 3. The van der Waals surface area contributed by atoms with Crippen molar-refractivity contribution >= 4 is 15.9 Å². The standard InChI is InChI=1S/C16H24BrNO3/c17-14-4-6-16(7-5-14)21-11-10-20-13-15(19)12-18-8-2-1-3-9-18/h4-7,15,19H,1-3,8-13H2/p+1/t15-/m0/s1. The Bertz CT molecular complexity index is 393. The topological polar surface area (TPSA) is 43.1 Å². The van der Waals surface area contributed by atoms with Crippen molar-refractivity contribution in [2.45, 2.75) is 25.4 Å². The number of benzene rings is 1. The molecular weight excluding hydrogens is 334 g/mol. The average molecular weight is 359 g/mol. The molecule has 0 spiro atoms. The predicted octanol–water partition coefficient (Wildman–Crippen LogP) is 1.27. The van der Waals surface area contributed by atoms with E-state index in [9.17, 15) is 5.11 Å². The van der Waals surface area contributed by atoms with Crippen molar-refractivity contribution in [2.75, 3.05) is 39.5 Å². The third kappa shape index (κ3) is 6.78. The lowest BCUT2D eigenvalue weighted by molar-refractivity contribution is -0.908. The molecule has 0 aromatic heterocycles. The van der Waals surface area contributed by atoms with Crippen molar-refractivity contribution in [1.29, 1.82) is 0 Å². The van der Waals surface area contributed by atoms with Crippen molar-refractivity contribution in [3.8, 4) is 5.75 Å². The summed E-state index contributed by atoms with van der Waals surface area (Å²) >= 11 is 3.39. The van der Waals surface area contributed by atoms with Gasteiger partial charge in [-0.05, 0) is 43.5 Å². The average Bonchev–Trinajstić information content (AvgIpc) is 2.50. The first-order valence-corrected chi connectivity index (χ1v) is 8.51. The van der Waals surface area contributed by atoms with E-state index in [1.165, 1.54) is 37.3 Å². The van der Waals surface area contributed by atoms with Crippen LogP contribution in [-0.4, -0.2) is 50.7 Å². The molecule has 0 bridgehead atoms. The van der Waals surface area contributed by atoms with Gasteiger partial charge in [0, 0.05) is 4.47 Å². The van der Waals surface area contributed by atoms with Crippen molar-refractivity contribution in [1.82, 2.24) is 0 Å². The van der Waals surface area contributed by atoms with Crippen LogP contribution in [0.3, 0.4) is 0 Å². The Morgan fingerprint density at radius 3 is 2.52 bits per heavy atom. The number of ether oxygens (including phenoxy) is 2. The summed E-state index contributed by atoms with van der Waals surface area (Å²) in [7, 11) is 0. The fraction of sp³-hybridized carbons (Fsp3) is 0.625. The highest BCUT2D eigenvalue weighted by atomic mass is 79.9. The largest absolute Gasteiger partial charge is 0.491 e. The number of likely N-dealkylation sites (tertiary alicyclic amines) is 1. The first-order valence-electron chi connectivity index (χ1n) is 7.72. The summed E-state index contributed by atoms with van der Waals surface area (Å²) in [6.45, 7) is 4.57. The molecule has 1 saturated heterocycles. The number of piperidine rings is 1. The molecule has 4 nitrogen and oxygen atoms in total. The Kier molecular flexibility index (Phi) is 7.50. The van der Waals surface area contributed by atoms with Gasteiger partial charge >= 0.3 is 0 Å². The first-order chi connectivity index (χ1) is 10.2. The fourth-order valence-electron chi connectivity index (χ4n) is 2.62. The van der Waals surface area contributed by atoms with Gasteiger partial charge in [0.25, 0.3) is 0 Å². The van der Waals surface area contributed by atoms with Crippen LogP contribution in [0.25, 0.3) is 0 Å². The molecule has 0 aliphatic carbocycles. The number of halogens is 1. The van der Waals surface area contributed by atoms with Gasteiger partial charge in [-0.2, -0.15) is 0 Å². The Labute approximate surface area is 135 Å². The molecule has 21 heavy (non-hydrogen) atoms. The number of quaternary nitrogens is 1. The Balaban J connectivity index is 1.51. The van der Waals surface area contributed by atoms with Crippen molar-refractivity contribution in [3.63, 3.8) is 0 Å². The van der Waals surface area contributed by atoms with Crippen molar-refractivity contribution in [2.24, 2.45) is 0 Å². The molecule has 1 heterocycles. The minimum Gasteiger partial charge on any atom is -0.491 e. The van der Waals surface area contributed by atoms with E-state index in [1.54, 1.807) is 0 Å². The molecule has 0 radical (unpaired) electrons. The van der Waals surface area contributed by atoms with Crippen LogP contribution in [0.5, 0.6) is 5.75 Å². The summed E-state index contributed by atoms with van der Waals surface area (Å²) < 4.78 is 12.1. The van der Waals surface area contributed by atoms with Crippen LogP contribution in [-0.2, 0) is 4.74 Å². The maximum atomic E-state index is 9.96. The highest BCUT2D eigenvalue weighted by molar-refractivity contribution is 9.10. The van der Waals surface area contributed by atoms with Crippen molar-refractivity contribution in [3.05, 3.63) is 28.7 Å². The maximum absolute atomic E-state index is 9.96. The molecule has 1 atom stereocenters. The second-order valence-corrected chi connectivity index (χ2v) is 6.46. The molecule has 2 rings (SSSR count). The van der Waals surface area contributed by atoms with E-state index < -0.39 is 0 Å². The molecule has 118 valence electrons. The second-order valence-electron chi connectivity index (χ2n) is 5.55. The lowest BCUT2D eigenvalue weighted by atomic mass is 10.1. The van der Waals surface area contributed by atoms with E-state index in [2.05, 4.69) is 15.9 Å². The Morgan fingerprint density at radius 2 is 1.81 bits per heavy atom. The molecule has 1 aromatic rings. The lowest BCUT2D eigenvalue weighted by Crippen LogP contribution is -3.14. The smallest absolute Gasteiger partial charge is 0.126 e. The fourth-order valence-corrected chi connectivity index (χ4v) is 2.88. The van der Waals surface area contributed by atoms with E-state index in [4.69, 9.17) is 9.47 Å². The summed E-state index contributed by atoms with van der Waals surface area (Å²) in [6.07, 6.45) is 3.53. The lowest BCUT2D eigenvalue weighted by Gasteiger charge is -2.25. The van der Waals surface area contributed by atoms with Crippen molar-refractivity contribution < 1.29 is 19.5 Å². The summed E-state index contributed by atoms with van der Waals surface area (Å²) in [4.78, 5) is 1.50. The minimum absolute atomic E-state index is 0.370. The SMILES string of the molecule is O[C@H](COCCOc1ccc(Br)cc1)C[NH+]1CCCCC1. The summed E-state index contributed by atoms with van der Waals surface area (Å²) in [5.74, 6) is 0.833. The maximum Gasteiger partial charge on any atom is 0.126 e. The zero-order chi connectivity index (χ0) is 14.9. The van der Waals surface area contributed by atoms with E-state index in [0.717, 1.165) is 16.8 Å². The molecule has 0 saturated carbocycles.